The summed E-state index contributed by atoms with van der Waals surface area (Å²) in [6, 6.07) is 15.1. The zero-order valence-corrected chi connectivity index (χ0v) is 32.9. The number of imidazole rings is 1. The number of nitrogens with zero attached hydrogens (tertiary/aromatic N) is 8. The lowest BCUT2D eigenvalue weighted by Gasteiger charge is -2.40. The zero-order chi connectivity index (χ0) is 38.3. The van der Waals surface area contributed by atoms with Gasteiger partial charge in [-0.1, -0.05) is 38.1 Å². The standard InChI is InChI=1S/C44H53N9O2/c1-6-32-34(33-11-10-14-38(29(33)2)50(4)41-40-36(46-28-47-41)23-30(24-45-40)25-52-20-7-8-21-52)12-9-13-35(32)49-43(55)42-48-37-26-53(22-17-39(37)51(42)5)31-15-18-44(3,27-54)19-16-31/h9-14,23-24,27-28,31H,6-8,15-22,25-26H2,1-5H3,(H,49,55). The summed E-state index contributed by atoms with van der Waals surface area (Å²) in [4.78, 5) is 51.8. The van der Waals surface area contributed by atoms with Gasteiger partial charge in [-0.25, -0.2) is 15.0 Å². The Balaban J connectivity index is 1.02. The van der Waals surface area contributed by atoms with Crippen LogP contribution in [0.15, 0.2) is 55.0 Å². The third-order valence-electron chi connectivity index (χ3n) is 12.6. The third-order valence-corrected chi connectivity index (χ3v) is 12.6. The maximum absolute atomic E-state index is 14.0. The summed E-state index contributed by atoms with van der Waals surface area (Å²) >= 11 is 0. The second kappa shape index (κ2) is 15.3. The van der Waals surface area contributed by atoms with Gasteiger partial charge in [-0.05, 0) is 111 Å². The molecule has 1 N–H and O–H groups in total. The molecule has 0 unspecified atom stereocenters. The number of pyridine rings is 1. The van der Waals surface area contributed by atoms with Gasteiger partial charge < -0.3 is 19.6 Å². The number of hydrogen-bond donors (Lipinski definition) is 1. The topological polar surface area (TPSA) is 112 Å². The summed E-state index contributed by atoms with van der Waals surface area (Å²) in [5.41, 5.74) is 10.9. The molecule has 1 amide bonds. The fourth-order valence-electron chi connectivity index (χ4n) is 9.22. The number of fused-ring (bicyclic) bond motifs is 2. The number of anilines is 3. The van der Waals surface area contributed by atoms with Gasteiger partial charge in [0.25, 0.3) is 5.91 Å². The predicted octanol–water partition coefficient (Wildman–Crippen LogP) is 7.42. The van der Waals surface area contributed by atoms with E-state index in [4.69, 9.17) is 15.0 Å². The van der Waals surface area contributed by atoms with Gasteiger partial charge in [-0.15, -0.1) is 0 Å². The van der Waals surface area contributed by atoms with Crippen molar-refractivity contribution in [3.05, 3.63) is 88.9 Å². The Morgan fingerprint density at radius 3 is 2.56 bits per heavy atom. The minimum absolute atomic E-state index is 0.192. The summed E-state index contributed by atoms with van der Waals surface area (Å²) in [6.07, 6.45) is 12.7. The summed E-state index contributed by atoms with van der Waals surface area (Å²) in [6.45, 7) is 11.2. The number of aromatic nitrogens is 5. The number of carbonyl (C=O) groups excluding carboxylic acids is 2. The van der Waals surface area contributed by atoms with E-state index >= 15 is 0 Å². The van der Waals surface area contributed by atoms with E-state index in [9.17, 15) is 9.59 Å². The van der Waals surface area contributed by atoms with Crippen LogP contribution < -0.4 is 10.2 Å². The van der Waals surface area contributed by atoms with Gasteiger partial charge in [0.1, 0.15) is 18.1 Å². The van der Waals surface area contributed by atoms with Crippen molar-refractivity contribution in [1.29, 1.82) is 0 Å². The van der Waals surface area contributed by atoms with E-state index in [1.165, 1.54) is 18.4 Å². The Labute approximate surface area is 324 Å². The van der Waals surface area contributed by atoms with Crippen molar-refractivity contribution in [2.45, 2.75) is 91.3 Å². The fourth-order valence-corrected chi connectivity index (χ4v) is 9.22. The number of rotatable bonds is 10. The largest absolute Gasteiger partial charge is 0.327 e. The molecule has 2 aliphatic heterocycles. The Hall–Kier alpha value is -5.00. The molecule has 2 aromatic carbocycles. The molecular weight excluding hydrogens is 687 g/mol. The Kier molecular flexibility index (Phi) is 10.3. The normalized spacial score (nSPS) is 20.4. The second-order valence-corrected chi connectivity index (χ2v) is 16.2. The van der Waals surface area contributed by atoms with Crippen molar-refractivity contribution in [2.75, 3.05) is 36.9 Å². The van der Waals surface area contributed by atoms with Gasteiger partial charge in [0.05, 0.1) is 11.2 Å². The first-order valence-electron chi connectivity index (χ1n) is 20.0. The molecule has 3 aromatic heterocycles. The highest BCUT2D eigenvalue weighted by Gasteiger charge is 2.35. The van der Waals surface area contributed by atoms with Gasteiger partial charge in [-0.2, -0.15) is 0 Å². The van der Waals surface area contributed by atoms with Gasteiger partial charge >= 0.3 is 0 Å². The minimum Gasteiger partial charge on any atom is -0.327 e. The fraction of sp³-hybridized carbons (Fsp3) is 0.455. The van der Waals surface area contributed by atoms with Crippen LogP contribution >= 0.6 is 0 Å². The number of aldehydes is 1. The third kappa shape index (κ3) is 7.15. The monoisotopic (exact) mass is 739 g/mol. The van der Waals surface area contributed by atoms with Crippen molar-refractivity contribution in [2.24, 2.45) is 12.5 Å². The maximum atomic E-state index is 14.0. The number of carbonyl (C=O) groups is 2. The number of likely N-dealkylation sites (tertiary alicyclic amines) is 1. The molecule has 0 spiro atoms. The second-order valence-electron chi connectivity index (χ2n) is 16.2. The van der Waals surface area contributed by atoms with E-state index in [-0.39, 0.29) is 11.3 Å². The molecule has 286 valence electrons. The number of benzene rings is 2. The van der Waals surface area contributed by atoms with E-state index < -0.39 is 0 Å². The molecule has 55 heavy (non-hydrogen) atoms. The molecule has 1 aliphatic carbocycles. The molecule has 1 saturated carbocycles. The minimum atomic E-state index is -0.202. The molecule has 1 saturated heterocycles. The van der Waals surface area contributed by atoms with Crippen LogP contribution in [0.5, 0.6) is 0 Å². The van der Waals surface area contributed by atoms with Gasteiger partial charge in [0.15, 0.2) is 11.6 Å². The van der Waals surface area contributed by atoms with Crippen LogP contribution in [-0.4, -0.2) is 79.2 Å². The van der Waals surface area contributed by atoms with Crippen molar-refractivity contribution >= 4 is 40.4 Å². The van der Waals surface area contributed by atoms with Crippen LogP contribution in [0.4, 0.5) is 17.2 Å². The van der Waals surface area contributed by atoms with Crippen molar-refractivity contribution in [3.63, 3.8) is 0 Å². The summed E-state index contributed by atoms with van der Waals surface area (Å²) in [5.74, 6) is 0.993. The lowest BCUT2D eigenvalue weighted by atomic mass is 9.74. The summed E-state index contributed by atoms with van der Waals surface area (Å²) in [7, 11) is 3.99. The maximum Gasteiger partial charge on any atom is 0.291 e. The molecular formula is C44H53N9O2. The van der Waals surface area contributed by atoms with Crippen LogP contribution in [0.1, 0.15) is 91.1 Å². The summed E-state index contributed by atoms with van der Waals surface area (Å²) in [5, 5.41) is 3.25. The van der Waals surface area contributed by atoms with Crippen LogP contribution in [0.25, 0.3) is 22.2 Å². The lowest BCUT2D eigenvalue weighted by Crippen LogP contribution is -2.43. The van der Waals surface area contributed by atoms with E-state index in [1.54, 1.807) is 6.33 Å². The molecule has 8 rings (SSSR count). The highest BCUT2D eigenvalue weighted by Crippen LogP contribution is 2.39. The quantitative estimate of drug-likeness (QED) is 0.146. The van der Waals surface area contributed by atoms with Gasteiger partial charge in [0.2, 0.25) is 0 Å². The molecule has 0 atom stereocenters. The Morgan fingerprint density at radius 2 is 1.80 bits per heavy atom. The lowest BCUT2D eigenvalue weighted by molar-refractivity contribution is -0.117. The van der Waals surface area contributed by atoms with Crippen molar-refractivity contribution < 1.29 is 9.59 Å². The molecule has 0 radical (unpaired) electrons. The van der Waals surface area contributed by atoms with Crippen LogP contribution in [0, 0.1) is 12.3 Å². The summed E-state index contributed by atoms with van der Waals surface area (Å²) < 4.78 is 1.98. The number of amides is 1. The molecule has 5 heterocycles. The average molecular weight is 740 g/mol. The smallest absolute Gasteiger partial charge is 0.291 e. The van der Waals surface area contributed by atoms with E-state index in [2.05, 4.69) is 76.1 Å². The van der Waals surface area contributed by atoms with Gasteiger partial charge in [-0.3, -0.25) is 19.6 Å². The molecule has 11 nitrogen and oxygen atoms in total. The first kappa shape index (κ1) is 36.9. The molecule has 5 aromatic rings. The van der Waals surface area contributed by atoms with Crippen molar-refractivity contribution in [1.82, 2.24) is 34.3 Å². The van der Waals surface area contributed by atoms with E-state index in [0.717, 1.165) is 139 Å². The van der Waals surface area contributed by atoms with Crippen LogP contribution in [0.2, 0.25) is 0 Å². The number of hydrogen-bond acceptors (Lipinski definition) is 9. The first-order valence-corrected chi connectivity index (χ1v) is 20.0. The molecule has 11 heteroatoms. The van der Waals surface area contributed by atoms with Crippen LogP contribution in [0.3, 0.4) is 0 Å². The Morgan fingerprint density at radius 1 is 1.04 bits per heavy atom. The van der Waals surface area contributed by atoms with Crippen molar-refractivity contribution in [3.8, 4) is 11.1 Å². The van der Waals surface area contributed by atoms with Crippen LogP contribution in [-0.2, 0) is 37.8 Å². The zero-order valence-electron chi connectivity index (χ0n) is 32.9. The molecule has 0 bridgehead atoms. The van der Waals surface area contributed by atoms with E-state index in [1.807, 2.05) is 37.0 Å². The van der Waals surface area contributed by atoms with E-state index in [0.29, 0.717) is 11.9 Å². The Bertz CT molecular complexity index is 2230. The molecule has 2 fully saturated rings. The average Bonchev–Trinajstić information content (AvgIpc) is 3.84. The molecule has 3 aliphatic rings. The highest BCUT2D eigenvalue weighted by atomic mass is 16.2. The first-order chi connectivity index (χ1) is 26.7. The predicted molar refractivity (Wildman–Crippen MR) is 218 cm³/mol. The number of nitrogens with one attached hydrogen (secondary N) is 1. The SMILES string of the molecule is CCc1c(NC(=O)c2nc3c(n2C)CCN(C2CCC(C)(C=O)CC2)C3)cccc1-c1cccc(N(C)c2ncnc3cc(CN4CCCC4)cnc23)c1C. The van der Waals surface area contributed by atoms with Gasteiger partial charge in [0, 0.05) is 74.9 Å². The highest BCUT2D eigenvalue weighted by molar-refractivity contribution is 6.03.